The number of carbonyl (C=O) groups excluding carboxylic acids is 1. The van der Waals surface area contributed by atoms with E-state index in [0.29, 0.717) is 28.0 Å². The van der Waals surface area contributed by atoms with Gasteiger partial charge in [0.05, 0.1) is 34.9 Å². The van der Waals surface area contributed by atoms with Crippen LogP contribution in [0.3, 0.4) is 0 Å². The standard InChI is InChI=1S/C22H26ClF3N6O2/c23-17-10-30-19(32-21(33)14-5-15(9-27-8-14)22(24,25)26)6-16(17)18-11-28-12-20(31-18)29-7-13-1-3-34-4-2-13/h6,10-15,27H,1-5,7-9H2,(H,29,31)(H,30,32,33). The minimum Gasteiger partial charge on any atom is -0.381 e. The van der Waals surface area contributed by atoms with Crippen LogP contribution in [0.5, 0.6) is 0 Å². The first-order chi connectivity index (χ1) is 16.3. The van der Waals surface area contributed by atoms with Crippen LogP contribution in [0.2, 0.25) is 5.02 Å². The van der Waals surface area contributed by atoms with Crippen molar-refractivity contribution in [2.75, 3.05) is 43.5 Å². The summed E-state index contributed by atoms with van der Waals surface area (Å²) in [5, 5.41) is 8.91. The molecule has 0 bridgehead atoms. The molecule has 2 unspecified atom stereocenters. The molecule has 0 radical (unpaired) electrons. The molecule has 0 aromatic carbocycles. The van der Waals surface area contributed by atoms with E-state index >= 15 is 0 Å². The second-order valence-electron chi connectivity index (χ2n) is 8.59. The molecule has 8 nitrogen and oxygen atoms in total. The molecule has 1 amide bonds. The molecular formula is C22H26ClF3N6O2. The molecule has 2 atom stereocenters. The highest BCUT2D eigenvalue weighted by Gasteiger charge is 2.43. The average molecular weight is 499 g/mol. The Morgan fingerprint density at radius 3 is 2.74 bits per heavy atom. The number of halogens is 4. The van der Waals surface area contributed by atoms with Crippen molar-refractivity contribution >= 4 is 29.1 Å². The van der Waals surface area contributed by atoms with Crippen LogP contribution in [0.15, 0.2) is 24.7 Å². The number of nitrogens with zero attached hydrogens (tertiary/aromatic N) is 3. The van der Waals surface area contributed by atoms with Gasteiger partial charge in [0.15, 0.2) is 0 Å². The van der Waals surface area contributed by atoms with Crippen LogP contribution < -0.4 is 16.0 Å². The van der Waals surface area contributed by atoms with Crippen LogP contribution in [0.4, 0.5) is 24.8 Å². The van der Waals surface area contributed by atoms with E-state index in [1.165, 1.54) is 6.20 Å². The van der Waals surface area contributed by atoms with Crippen molar-refractivity contribution in [3.63, 3.8) is 0 Å². The fourth-order valence-electron chi connectivity index (χ4n) is 4.10. The average Bonchev–Trinajstić information content (AvgIpc) is 2.84. The Kier molecular flexibility index (Phi) is 7.84. The Hall–Kier alpha value is -2.50. The topological polar surface area (TPSA) is 101 Å². The number of nitrogens with one attached hydrogen (secondary N) is 3. The summed E-state index contributed by atoms with van der Waals surface area (Å²) in [7, 11) is 0. The normalized spacial score (nSPS) is 21.8. The molecule has 4 heterocycles. The molecule has 0 spiro atoms. The van der Waals surface area contributed by atoms with Gasteiger partial charge in [-0.05, 0) is 31.2 Å². The maximum absolute atomic E-state index is 13.1. The molecule has 2 aliphatic rings. The molecule has 2 aromatic rings. The Bertz CT molecular complexity index is 1000. The Balaban J connectivity index is 1.43. The number of piperidine rings is 1. The maximum atomic E-state index is 13.1. The highest BCUT2D eigenvalue weighted by Crippen LogP contribution is 2.33. The van der Waals surface area contributed by atoms with Crippen molar-refractivity contribution in [3.05, 3.63) is 29.7 Å². The van der Waals surface area contributed by atoms with Crippen LogP contribution in [-0.4, -0.2) is 59.9 Å². The minimum absolute atomic E-state index is 0.172. The van der Waals surface area contributed by atoms with Gasteiger partial charge in [0, 0.05) is 44.6 Å². The summed E-state index contributed by atoms with van der Waals surface area (Å²) in [6.45, 7) is 2.25. The van der Waals surface area contributed by atoms with Crippen molar-refractivity contribution in [3.8, 4) is 11.3 Å². The van der Waals surface area contributed by atoms with E-state index in [0.717, 1.165) is 32.6 Å². The summed E-state index contributed by atoms with van der Waals surface area (Å²) in [5.41, 5.74) is 0.987. The molecule has 0 saturated carbocycles. The van der Waals surface area contributed by atoms with Crippen LogP contribution in [0, 0.1) is 17.8 Å². The number of pyridine rings is 1. The lowest BCUT2D eigenvalue weighted by molar-refractivity contribution is -0.181. The summed E-state index contributed by atoms with van der Waals surface area (Å²) in [4.78, 5) is 25.5. The van der Waals surface area contributed by atoms with Gasteiger partial charge >= 0.3 is 6.18 Å². The Morgan fingerprint density at radius 1 is 1.18 bits per heavy atom. The lowest BCUT2D eigenvalue weighted by atomic mass is 9.89. The molecule has 2 saturated heterocycles. The first kappa shape index (κ1) is 24.6. The van der Waals surface area contributed by atoms with E-state index in [9.17, 15) is 18.0 Å². The predicted molar refractivity (Wildman–Crippen MR) is 121 cm³/mol. The van der Waals surface area contributed by atoms with Gasteiger partial charge in [0.2, 0.25) is 5.91 Å². The summed E-state index contributed by atoms with van der Waals surface area (Å²) >= 11 is 6.32. The van der Waals surface area contributed by atoms with Gasteiger partial charge in [-0.2, -0.15) is 13.2 Å². The minimum atomic E-state index is -4.35. The zero-order valence-electron chi connectivity index (χ0n) is 18.4. The predicted octanol–water partition coefficient (Wildman–Crippen LogP) is 3.76. The van der Waals surface area contributed by atoms with Crippen molar-refractivity contribution in [1.82, 2.24) is 20.3 Å². The van der Waals surface area contributed by atoms with Crippen molar-refractivity contribution in [1.29, 1.82) is 0 Å². The van der Waals surface area contributed by atoms with Gasteiger partial charge in [0.25, 0.3) is 0 Å². The summed E-state index contributed by atoms with van der Waals surface area (Å²) in [6, 6.07) is 1.55. The zero-order valence-corrected chi connectivity index (χ0v) is 19.1. The fraction of sp³-hybridized carbons (Fsp3) is 0.545. The number of hydrogen-bond donors (Lipinski definition) is 3. The number of hydrogen-bond acceptors (Lipinski definition) is 7. The highest BCUT2D eigenvalue weighted by molar-refractivity contribution is 6.33. The summed E-state index contributed by atoms with van der Waals surface area (Å²) in [5.74, 6) is -1.64. The molecule has 4 rings (SSSR count). The van der Waals surface area contributed by atoms with Gasteiger partial charge in [-0.1, -0.05) is 11.6 Å². The number of alkyl halides is 3. The van der Waals surface area contributed by atoms with Gasteiger partial charge in [-0.25, -0.2) is 9.97 Å². The van der Waals surface area contributed by atoms with E-state index in [4.69, 9.17) is 16.3 Å². The maximum Gasteiger partial charge on any atom is 0.393 e. The first-order valence-electron chi connectivity index (χ1n) is 11.2. The Labute approximate surface area is 200 Å². The van der Waals surface area contributed by atoms with E-state index in [1.807, 2.05) is 0 Å². The second-order valence-corrected chi connectivity index (χ2v) is 9.00. The van der Waals surface area contributed by atoms with Gasteiger partial charge in [-0.3, -0.25) is 9.78 Å². The number of ether oxygens (including phenoxy) is 1. The largest absolute Gasteiger partial charge is 0.393 e. The van der Waals surface area contributed by atoms with E-state index in [1.54, 1.807) is 18.5 Å². The van der Waals surface area contributed by atoms with Gasteiger partial charge in [-0.15, -0.1) is 0 Å². The van der Waals surface area contributed by atoms with Crippen LogP contribution in [-0.2, 0) is 9.53 Å². The molecule has 2 aromatic heterocycles. The lowest BCUT2D eigenvalue weighted by Gasteiger charge is -2.30. The zero-order chi connectivity index (χ0) is 24.1. The van der Waals surface area contributed by atoms with Crippen molar-refractivity contribution in [2.24, 2.45) is 17.8 Å². The van der Waals surface area contributed by atoms with Crippen LogP contribution in [0.25, 0.3) is 11.3 Å². The van der Waals surface area contributed by atoms with E-state index in [2.05, 4.69) is 30.9 Å². The molecule has 184 valence electrons. The quantitative estimate of drug-likeness (QED) is 0.557. The molecule has 34 heavy (non-hydrogen) atoms. The third kappa shape index (κ3) is 6.34. The van der Waals surface area contributed by atoms with Crippen LogP contribution >= 0.6 is 11.6 Å². The van der Waals surface area contributed by atoms with Crippen molar-refractivity contribution in [2.45, 2.75) is 25.4 Å². The summed E-state index contributed by atoms with van der Waals surface area (Å²) < 4.78 is 44.6. The number of rotatable bonds is 6. The second kappa shape index (κ2) is 10.8. The number of amides is 1. The van der Waals surface area contributed by atoms with Gasteiger partial charge in [0.1, 0.15) is 11.6 Å². The van der Waals surface area contributed by atoms with Crippen LogP contribution in [0.1, 0.15) is 19.3 Å². The van der Waals surface area contributed by atoms with Gasteiger partial charge < -0.3 is 20.7 Å². The molecule has 2 fully saturated rings. The third-order valence-corrected chi connectivity index (χ3v) is 6.42. The monoisotopic (exact) mass is 498 g/mol. The number of anilines is 2. The van der Waals surface area contributed by atoms with Crippen molar-refractivity contribution < 1.29 is 22.7 Å². The Morgan fingerprint density at radius 2 is 1.97 bits per heavy atom. The third-order valence-electron chi connectivity index (χ3n) is 6.11. The fourth-order valence-corrected chi connectivity index (χ4v) is 4.30. The molecule has 3 N–H and O–H groups in total. The molecular weight excluding hydrogens is 473 g/mol. The molecule has 12 heteroatoms. The number of aromatic nitrogens is 3. The van der Waals surface area contributed by atoms with E-state index < -0.39 is 23.9 Å². The SMILES string of the molecule is O=C(Nc1cc(-c2cncc(NCC3CCOCC3)n2)c(Cl)cn1)C1CNCC(C(F)(F)F)C1. The number of carbonyl (C=O) groups is 1. The first-order valence-corrected chi connectivity index (χ1v) is 11.5. The highest BCUT2D eigenvalue weighted by atomic mass is 35.5. The smallest absolute Gasteiger partial charge is 0.381 e. The lowest BCUT2D eigenvalue weighted by Crippen LogP contribution is -2.46. The van der Waals surface area contributed by atoms with E-state index in [-0.39, 0.29) is 25.3 Å². The molecule has 2 aliphatic heterocycles. The summed E-state index contributed by atoms with van der Waals surface area (Å²) in [6.07, 6.45) is 1.89. The molecule has 0 aliphatic carbocycles.